The third-order valence-electron chi connectivity index (χ3n) is 1.76. The third-order valence-corrected chi connectivity index (χ3v) is 1.76. The second kappa shape index (κ2) is 11.5. The van der Waals surface area contributed by atoms with Gasteiger partial charge < -0.3 is 35.4 Å². The summed E-state index contributed by atoms with van der Waals surface area (Å²) >= 11 is 0. The summed E-state index contributed by atoms with van der Waals surface area (Å²) < 4.78 is 0. The number of rotatable bonds is 6. The van der Waals surface area contributed by atoms with Gasteiger partial charge in [0.2, 0.25) is 0 Å². The lowest BCUT2D eigenvalue weighted by Crippen LogP contribution is -2.46. The van der Waals surface area contributed by atoms with Gasteiger partial charge >= 0.3 is 0 Å². The lowest BCUT2D eigenvalue weighted by molar-refractivity contribution is -0.136. The maximum absolute atomic E-state index is 9.90. The van der Waals surface area contributed by atoms with Crippen LogP contribution < -0.4 is 0 Å². The molecule has 7 nitrogen and oxygen atoms in total. The normalized spacial score (nSPS) is 17.8. The summed E-state index contributed by atoms with van der Waals surface area (Å²) in [6.45, 7) is 1.20. The minimum absolute atomic E-state index is 0.0258. The Morgan fingerprint density at radius 3 is 1.88 bits per heavy atom. The first-order valence-electron chi connectivity index (χ1n) is 5.03. The van der Waals surface area contributed by atoms with Crippen molar-refractivity contribution < 1.29 is 35.4 Å². The molecule has 0 saturated carbocycles. The Morgan fingerprint density at radius 1 is 1.12 bits per heavy atom. The maximum atomic E-state index is 9.90. The fourth-order valence-corrected chi connectivity index (χ4v) is 0.724. The van der Waals surface area contributed by atoms with Crippen molar-refractivity contribution >= 4 is 6.29 Å². The van der Waals surface area contributed by atoms with E-state index >= 15 is 0 Å². The minimum Gasteiger partial charge on any atom is -0.516 e. The molecule has 0 aliphatic carbocycles. The number of aldehydes is 1. The van der Waals surface area contributed by atoms with Crippen molar-refractivity contribution in [1.29, 1.82) is 0 Å². The van der Waals surface area contributed by atoms with E-state index in [1.165, 1.54) is 0 Å². The van der Waals surface area contributed by atoms with Crippen LogP contribution in [0.1, 0.15) is 13.3 Å². The Kier molecular flexibility index (Phi) is 12.4. The van der Waals surface area contributed by atoms with Crippen molar-refractivity contribution in [1.82, 2.24) is 0 Å². The molecule has 0 fully saturated rings. The number of carbonyl (C=O) groups is 1. The largest absolute Gasteiger partial charge is 0.516 e. The van der Waals surface area contributed by atoms with Gasteiger partial charge in [-0.05, 0) is 6.42 Å². The van der Waals surface area contributed by atoms with Gasteiger partial charge in [-0.3, -0.25) is 0 Å². The average Bonchev–Trinajstić information content (AvgIpc) is 2.36. The first-order valence-corrected chi connectivity index (χ1v) is 5.03. The van der Waals surface area contributed by atoms with Crippen molar-refractivity contribution in [3.05, 3.63) is 12.3 Å². The summed E-state index contributed by atoms with van der Waals surface area (Å²) in [5.41, 5.74) is 0. The van der Waals surface area contributed by atoms with Crippen LogP contribution in [-0.2, 0) is 4.79 Å². The quantitative estimate of drug-likeness (QED) is 0.239. The van der Waals surface area contributed by atoms with Gasteiger partial charge in [-0.2, -0.15) is 0 Å². The Morgan fingerprint density at radius 2 is 1.65 bits per heavy atom. The molecule has 4 unspecified atom stereocenters. The second-order valence-electron chi connectivity index (χ2n) is 3.15. The van der Waals surface area contributed by atoms with Gasteiger partial charge in [-0.15, -0.1) is 0 Å². The van der Waals surface area contributed by atoms with Crippen molar-refractivity contribution in [3.63, 3.8) is 0 Å². The fourth-order valence-electron chi connectivity index (χ4n) is 0.724. The molecular weight excluding hydrogens is 232 g/mol. The highest BCUT2D eigenvalue weighted by Gasteiger charge is 2.29. The zero-order chi connectivity index (χ0) is 13.8. The van der Waals surface area contributed by atoms with E-state index in [0.717, 1.165) is 12.7 Å². The van der Waals surface area contributed by atoms with Crippen LogP contribution in [0.5, 0.6) is 0 Å². The smallest absolute Gasteiger partial charge is 0.151 e. The molecule has 0 aromatic carbocycles. The second-order valence-corrected chi connectivity index (χ2v) is 3.15. The van der Waals surface area contributed by atoms with E-state index in [4.69, 9.17) is 30.6 Å². The van der Waals surface area contributed by atoms with E-state index in [2.05, 4.69) is 0 Å². The molecule has 0 rings (SSSR count). The summed E-state index contributed by atoms with van der Waals surface area (Å²) in [6, 6.07) is 0. The van der Waals surface area contributed by atoms with Crippen LogP contribution in [0.15, 0.2) is 12.3 Å². The zero-order valence-corrected chi connectivity index (χ0v) is 9.55. The number of hydrogen-bond donors (Lipinski definition) is 6. The van der Waals surface area contributed by atoms with E-state index in [-0.39, 0.29) is 6.29 Å². The molecule has 0 saturated heterocycles. The van der Waals surface area contributed by atoms with Crippen molar-refractivity contribution in [2.75, 3.05) is 6.61 Å². The molecule has 0 heterocycles. The molecule has 0 spiro atoms. The van der Waals surface area contributed by atoms with Gasteiger partial charge in [0.1, 0.15) is 24.4 Å². The van der Waals surface area contributed by atoms with Gasteiger partial charge in [-0.1, -0.05) is 13.0 Å². The van der Waals surface area contributed by atoms with Crippen LogP contribution in [0, 0.1) is 0 Å². The summed E-state index contributed by atoms with van der Waals surface area (Å²) in [4.78, 5) is 9.90. The topological polar surface area (TPSA) is 138 Å². The monoisotopic (exact) mass is 252 g/mol. The van der Waals surface area contributed by atoms with E-state index < -0.39 is 31.0 Å². The van der Waals surface area contributed by atoms with E-state index in [1.54, 1.807) is 6.08 Å². The van der Waals surface area contributed by atoms with Crippen LogP contribution in [0.3, 0.4) is 0 Å². The van der Waals surface area contributed by atoms with Gasteiger partial charge in [0.25, 0.3) is 0 Å². The Balaban J connectivity index is 0. The van der Waals surface area contributed by atoms with Crippen LogP contribution in [0.2, 0.25) is 0 Å². The average molecular weight is 252 g/mol. The highest BCUT2D eigenvalue weighted by atomic mass is 16.4. The summed E-state index contributed by atoms with van der Waals surface area (Å²) in [6.07, 6.45) is -3.19. The number of allylic oxidation sites excluding steroid dienone is 1. The number of hydrogen-bond acceptors (Lipinski definition) is 7. The van der Waals surface area contributed by atoms with E-state index in [0.29, 0.717) is 0 Å². The fraction of sp³-hybridized carbons (Fsp3) is 0.700. The molecule has 7 heteroatoms. The van der Waals surface area contributed by atoms with Gasteiger partial charge in [0, 0.05) is 0 Å². The van der Waals surface area contributed by atoms with Crippen LogP contribution in [-0.4, -0.2) is 67.9 Å². The maximum Gasteiger partial charge on any atom is 0.151 e. The summed E-state index contributed by atoms with van der Waals surface area (Å²) in [5, 5.41) is 51.4. The van der Waals surface area contributed by atoms with Crippen molar-refractivity contribution in [2.45, 2.75) is 37.8 Å². The predicted molar refractivity (Wildman–Crippen MR) is 59.2 cm³/mol. The predicted octanol–water partition coefficient (Wildman–Crippen LogP) is -1.91. The van der Waals surface area contributed by atoms with Gasteiger partial charge in [0.15, 0.2) is 6.29 Å². The Bertz CT molecular complexity index is 207. The number of aliphatic hydroxyl groups excluding tert-OH is 6. The molecule has 102 valence electrons. The zero-order valence-electron chi connectivity index (χ0n) is 9.55. The van der Waals surface area contributed by atoms with Crippen LogP contribution >= 0.6 is 0 Å². The van der Waals surface area contributed by atoms with Crippen molar-refractivity contribution in [2.24, 2.45) is 0 Å². The molecular formula is C10H20O7. The summed E-state index contributed by atoms with van der Waals surface area (Å²) in [7, 11) is 0. The molecule has 0 bridgehead atoms. The van der Waals surface area contributed by atoms with Crippen LogP contribution in [0.4, 0.5) is 0 Å². The number of carbonyl (C=O) groups excluding carboxylic acids is 1. The third kappa shape index (κ3) is 8.78. The standard InChI is InChI=1S/C6H12O6.C4H8O/c7-1-3(9)5(11)6(12)4(10)2-8;1-2-3-4-5/h1,3-6,8-12H,2H2;3-5H,2H2,1H3. The van der Waals surface area contributed by atoms with Crippen molar-refractivity contribution in [3.8, 4) is 0 Å². The first-order chi connectivity index (χ1) is 7.95. The van der Waals surface area contributed by atoms with Gasteiger partial charge in [0.05, 0.1) is 12.9 Å². The van der Waals surface area contributed by atoms with Crippen LogP contribution in [0.25, 0.3) is 0 Å². The SMILES string of the molecule is CCC=CO.O=CC(O)C(O)C(O)C(O)CO. The molecule has 0 aromatic heterocycles. The molecule has 0 aromatic rings. The first kappa shape index (κ1) is 18.4. The van der Waals surface area contributed by atoms with E-state index in [1.807, 2.05) is 6.92 Å². The molecule has 6 N–H and O–H groups in total. The Labute approximate surface area is 99.3 Å². The van der Waals surface area contributed by atoms with E-state index in [9.17, 15) is 4.79 Å². The minimum atomic E-state index is -1.79. The summed E-state index contributed by atoms with van der Waals surface area (Å²) in [5.74, 6) is 0. The molecule has 0 amide bonds. The lowest BCUT2D eigenvalue weighted by Gasteiger charge is -2.22. The highest BCUT2D eigenvalue weighted by molar-refractivity contribution is 5.56. The Hall–Kier alpha value is -0.990. The molecule has 0 radical (unpaired) electrons. The molecule has 0 aliphatic rings. The lowest BCUT2D eigenvalue weighted by atomic mass is 10.0. The van der Waals surface area contributed by atoms with Gasteiger partial charge in [-0.25, -0.2) is 0 Å². The molecule has 0 aliphatic heterocycles. The molecule has 17 heavy (non-hydrogen) atoms. The number of aliphatic hydroxyl groups is 6. The molecule has 4 atom stereocenters. The highest BCUT2D eigenvalue weighted by Crippen LogP contribution is 2.02.